The van der Waals surface area contributed by atoms with Crippen molar-refractivity contribution in [3.8, 4) is 0 Å². The van der Waals surface area contributed by atoms with Crippen molar-refractivity contribution in [3.63, 3.8) is 0 Å². The molecule has 90 valence electrons. The zero-order valence-electron chi connectivity index (χ0n) is 9.84. The minimum Gasteiger partial charge on any atom is -0.478 e. The fraction of sp³-hybridized carbons (Fsp3) is 0.308. The van der Waals surface area contributed by atoms with Gasteiger partial charge in [-0.05, 0) is 26.0 Å². The van der Waals surface area contributed by atoms with Crippen LogP contribution in [0.5, 0.6) is 0 Å². The normalized spacial score (nSPS) is 11.3. The third-order valence-electron chi connectivity index (χ3n) is 2.89. The van der Waals surface area contributed by atoms with Crippen molar-refractivity contribution < 1.29 is 15.0 Å². The van der Waals surface area contributed by atoms with E-state index in [1.165, 1.54) is 0 Å². The molecule has 0 saturated heterocycles. The Morgan fingerprint density at radius 1 is 1.41 bits per heavy atom. The first kappa shape index (κ1) is 11.7. The number of carboxylic acids is 1. The summed E-state index contributed by atoms with van der Waals surface area (Å²) in [5.41, 5.74) is 1.94. The molecular formula is C13H15NO3. The van der Waals surface area contributed by atoms with Crippen molar-refractivity contribution in [1.82, 2.24) is 4.57 Å². The van der Waals surface area contributed by atoms with Gasteiger partial charge in [-0.15, -0.1) is 0 Å². The summed E-state index contributed by atoms with van der Waals surface area (Å²) in [5.74, 6) is -0.936. The van der Waals surface area contributed by atoms with Crippen molar-refractivity contribution in [3.05, 3.63) is 35.5 Å². The van der Waals surface area contributed by atoms with Gasteiger partial charge in [0.25, 0.3) is 0 Å². The molecule has 0 aliphatic rings. The maximum Gasteiger partial charge on any atom is 0.335 e. The first-order valence-corrected chi connectivity index (χ1v) is 5.52. The quantitative estimate of drug-likeness (QED) is 0.855. The molecule has 0 bridgehead atoms. The number of benzene rings is 1. The molecule has 4 heteroatoms. The Morgan fingerprint density at radius 3 is 2.65 bits per heavy atom. The highest BCUT2D eigenvalue weighted by Crippen LogP contribution is 2.25. The van der Waals surface area contributed by atoms with Gasteiger partial charge in [0.1, 0.15) is 0 Å². The van der Waals surface area contributed by atoms with E-state index in [2.05, 4.69) is 0 Å². The van der Waals surface area contributed by atoms with E-state index in [4.69, 9.17) is 5.11 Å². The average molecular weight is 233 g/mol. The van der Waals surface area contributed by atoms with E-state index in [0.717, 1.165) is 16.5 Å². The fourth-order valence-electron chi connectivity index (χ4n) is 2.01. The van der Waals surface area contributed by atoms with Crippen LogP contribution in [0.1, 0.15) is 35.8 Å². The Balaban J connectivity index is 2.73. The van der Waals surface area contributed by atoms with Gasteiger partial charge < -0.3 is 14.8 Å². The zero-order valence-corrected chi connectivity index (χ0v) is 9.84. The third-order valence-corrected chi connectivity index (χ3v) is 2.89. The van der Waals surface area contributed by atoms with Gasteiger partial charge in [-0.25, -0.2) is 4.79 Å². The Hall–Kier alpha value is -1.81. The van der Waals surface area contributed by atoms with Crippen LogP contribution in [0.15, 0.2) is 24.4 Å². The molecule has 0 radical (unpaired) electrons. The Morgan fingerprint density at radius 2 is 2.12 bits per heavy atom. The number of aliphatic hydroxyl groups excluding tert-OH is 1. The highest BCUT2D eigenvalue weighted by Gasteiger charge is 2.12. The van der Waals surface area contributed by atoms with Crippen LogP contribution < -0.4 is 0 Å². The van der Waals surface area contributed by atoms with Gasteiger partial charge in [0.2, 0.25) is 0 Å². The molecule has 0 spiro atoms. The van der Waals surface area contributed by atoms with Crippen molar-refractivity contribution in [2.24, 2.45) is 0 Å². The summed E-state index contributed by atoms with van der Waals surface area (Å²) in [5, 5.41) is 19.2. The van der Waals surface area contributed by atoms with Crippen molar-refractivity contribution in [1.29, 1.82) is 0 Å². The Bertz CT molecular complexity index is 569. The van der Waals surface area contributed by atoms with Crippen molar-refractivity contribution in [2.45, 2.75) is 26.5 Å². The highest BCUT2D eigenvalue weighted by atomic mass is 16.4. The summed E-state index contributed by atoms with van der Waals surface area (Å²) in [6, 6.07) is 5.19. The number of hydrogen-bond donors (Lipinski definition) is 2. The summed E-state index contributed by atoms with van der Waals surface area (Å²) < 4.78 is 1.98. The van der Waals surface area contributed by atoms with Gasteiger partial charge in [-0.3, -0.25) is 0 Å². The molecule has 17 heavy (non-hydrogen) atoms. The van der Waals surface area contributed by atoms with Crippen LogP contribution in [0.4, 0.5) is 0 Å². The molecule has 0 unspecified atom stereocenters. The lowest BCUT2D eigenvalue weighted by molar-refractivity contribution is 0.0697. The molecule has 2 N–H and O–H groups in total. The van der Waals surface area contributed by atoms with Crippen molar-refractivity contribution >= 4 is 16.9 Å². The molecule has 0 aliphatic carbocycles. The lowest BCUT2D eigenvalue weighted by atomic mass is 10.1. The second-order valence-electron chi connectivity index (χ2n) is 4.35. The first-order chi connectivity index (χ1) is 8.04. The van der Waals surface area contributed by atoms with Gasteiger partial charge in [-0.2, -0.15) is 0 Å². The van der Waals surface area contributed by atoms with Gasteiger partial charge >= 0.3 is 5.97 Å². The van der Waals surface area contributed by atoms with E-state index in [-0.39, 0.29) is 18.2 Å². The van der Waals surface area contributed by atoms with E-state index < -0.39 is 5.97 Å². The summed E-state index contributed by atoms with van der Waals surface area (Å²) in [7, 11) is 0. The Labute approximate surface area is 99.1 Å². The number of fused-ring (bicyclic) bond motifs is 1. The smallest absolute Gasteiger partial charge is 0.335 e. The highest BCUT2D eigenvalue weighted by molar-refractivity contribution is 5.94. The van der Waals surface area contributed by atoms with Crippen LogP contribution in [0, 0.1) is 0 Å². The maximum absolute atomic E-state index is 10.9. The largest absolute Gasteiger partial charge is 0.478 e. The molecule has 2 aromatic rings. The van der Waals surface area contributed by atoms with Crippen molar-refractivity contribution in [2.75, 3.05) is 0 Å². The summed E-state index contributed by atoms with van der Waals surface area (Å²) in [4.78, 5) is 10.9. The second-order valence-corrected chi connectivity index (χ2v) is 4.35. The predicted molar refractivity (Wildman–Crippen MR) is 65.2 cm³/mol. The molecule has 0 saturated carbocycles. The minimum absolute atomic E-state index is 0.0390. The summed E-state index contributed by atoms with van der Waals surface area (Å²) in [6.07, 6.45) is 1.88. The van der Waals surface area contributed by atoms with E-state index in [9.17, 15) is 9.90 Å². The van der Waals surface area contributed by atoms with Gasteiger partial charge in [0.05, 0.1) is 12.2 Å². The zero-order chi connectivity index (χ0) is 12.6. The minimum atomic E-state index is -0.936. The van der Waals surface area contributed by atoms with E-state index in [0.29, 0.717) is 0 Å². The number of hydrogen-bond acceptors (Lipinski definition) is 2. The molecule has 4 nitrogen and oxygen atoms in total. The second kappa shape index (κ2) is 4.22. The number of carboxylic acid groups (broad SMARTS) is 1. The third kappa shape index (κ3) is 1.91. The van der Waals surface area contributed by atoms with Crippen LogP contribution in [0.3, 0.4) is 0 Å². The van der Waals surface area contributed by atoms with Crippen LogP contribution >= 0.6 is 0 Å². The molecule has 0 fully saturated rings. The Kier molecular flexibility index (Phi) is 2.90. The fourth-order valence-corrected chi connectivity index (χ4v) is 2.01. The molecule has 1 aromatic heterocycles. The lowest BCUT2D eigenvalue weighted by Gasteiger charge is -2.09. The molecular weight excluding hydrogens is 218 g/mol. The van der Waals surface area contributed by atoms with E-state index in [1.54, 1.807) is 18.2 Å². The van der Waals surface area contributed by atoms with Gasteiger partial charge in [0.15, 0.2) is 0 Å². The summed E-state index contributed by atoms with van der Waals surface area (Å²) >= 11 is 0. The summed E-state index contributed by atoms with van der Waals surface area (Å²) in [6.45, 7) is 4.00. The van der Waals surface area contributed by atoms with E-state index in [1.807, 2.05) is 24.6 Å². The van der Waals surface area contributed by atoms with Crippen LogP contribution in [0.2, 0.25) is 0 Å². The van der Waals surface area contributed by atoms with Gasteiger partial charge in [-0.1, -0.05) is 6.07 Å². The molecule has 0 amide bonds. The number of carbonyl (C=O) groups is 1. The van der Waals surface area contributed by atoms with Crippen LogP contribution in [-0.2, 0) is 6.61 Å². The van der Waals surface area contributed by atoms with Crippen LogP contribution in [0.25, 0.3) is 10.9 Å². The molecule has 1 aromatic carbocycles. The lowest BCUT2D eigenvalue weighted by Crippen LogP contribution is -2.00. The maximum atomic E-state index is 10.9. The monoisotopic (exact) mass is 233 g/mol. The van der Waals surface area contributed by atoms with Gasteiger partial charge in [0, 0.05) is 28.7 Å². The predicted octanol–water partition coefficient (Wildman–Crippen LogP) is 2.41. The molecule has 2 rings (SSSR count). The SMILES string of the molecule is CC(C)n1cc(CO)c2ccc(C(=O)O)cc21. The van der Waals surface area contributed by atoms with E-state index >= 15 is 0 Å². The number of aromatic carboxylic acids is 1. The number of rotatable bonds is 3. The molecule has 0 atom stereocenters. The number of aliphatic hydroxyl groups is 1. The molecule has 0 aliphatic heterocycles. The van der Waals surface area contributed by atoms with Crippen LogP contribution in [-0.4, -0.2) is 20.7 Å². The topological polar surface area (TPSA) is 62.5 Å². The molecule has 1 heterocycles. The standard InChI is InChI=1S/C13H15NO3/c1-8(2)14-6-10(7-15)11-4-3-9(13(16)17)5-12(11)14/h3-6,8,15H,7H2,1-2H3,(H,16,17). The average Bonchev–Trinajstić information content (AvgIpc) is 2.66. The first-order valence-electron chi connectivity index (χ1n) is 5.52. The number of nitrogens with zero attached hydrogens (tertiary/aromatic N) is 1. The number of aromatic nitrogens is 1.